The number of fused-ring (bicyclic) bond motifs is 1. The lowest BCUT2D eigenvalue weighted by molar-refractivity contribution is -0.137. The minimum Gasteiger partial charge on any atom is -0.486 e. The van der Waals surface area contributed by atoms with Crippen LogP contribution in [0.25, 0.3) is 0 Å². The Morgan fingerprint density at radius 3 is 2.48 bits per heavy atom. The van der Waals surface area contributed by atoms with Gasteiger partial charge >= 0.3 is 6.18 Å². The molecule has 2 amide bonds. The molecule has 1 unspecified atom stereocenters. The van der Waals surface area contributed by atoms with Gasteiger partial charge in [0.2, 0.25) is 11.8 Å². The van der Waals surface area contributed by atoms with Crippen molar-refractivity contribution in [2.24, 2.45) is 0 Å². The summed E-state index contributed by atoms with van der Waals surface area (Å²) in [7, 11) is 1.57. The smallest absolute Gasteiger partial charge is 0.416 e. The number of anilines is 1. The number of rotatable bonds is 4. The van der Waals surface area contributed by atoms with E-state index in [1.807, 2.05) is 0 Å². The number of hydrogen-bond acceptors (Lipinski definition) is 5. The Morgan fingerprint density at radius 2 is 1.84 bits per heavy atom. The highest BCUT2D eigenvalue weighted by atomic mass is 19.4. The van der Waals surface area contributed by atoms with Crippen molar-refractivity contribution in [1.82, 2.24) is 4.90 Å². The molecular weight excluding hydrogens is 417 g/mol. The first-order valence-corrected chi connectivity index (χ1v) is 9.57. The molecule has 0 saturated carbocycles. The molecule has 0 radical (unpaired) electrons. The SMILES string of the molecule is CN1C(=O)CCC1C(=O)Nc1cc(Oc2ccc(C(F)(F)F)cc2)cc2c1OCCO2. The summed E-state index contributed by atoms with van der Waals surface area (Å²) in [5.41, 5.74) is -0.498. The van der Waals surface area contributed by atoms with Crippen LogP contribution in [0.4, 0.5) is 18.9 Å². The van der Waals surface area contributed by atoms with Gasteiger partial charge in [-0.1, -0.05) is 0 Å². The van der Waals surface area contributed by atoms with Crippen LogP contribution < -0.4 is 19.5 Å². The summed E-state index contributed by atoms with van der Waals surface area (Å²) >= 11 is 0. The van der Waals surface area contributed by atoms with E-state index >= 15 is 0 Å². The number of nitrogens with zero attached hydrogens (tertiary/aromatic N) is 1. The second-order valence-electron chi connectivity index (χ2n) is 7.17. The van der Waals surface area contributed by atoms with Crippen LogP contribution in [-0.4, -0.2) is 43.0 Å². The molecule has 164 valence electrons. The summed E-state index contributed by atoms with van der Waals surface area (Å²) in [6.07, 6.45) is -3.74. The third-order valence-electron chi connectivity index (χ3n) is 5.09. The lowest BCUT2D eigenvalue weighted by Crippen LogP contribution is -2.39. The second kappa shape index (κ2) is 8.01. The van der Waals surface area contributed by atoms with Crippen LogP contribution in [-0.2, 0) is 15.8 Å². The van der Waals surface area contributed by atoms with Gasteiger partial charge in [0, 0.05) is 25.6 Å². The topological polar surface area (TPSA) is 77.1 Å². The van der Waals surface area contributed by atoms with Crippen LogP contribution in [0.15, 0.2) is 36.4 Å². The Kier molecular flexibility index (Phi) is 5.38. The van der Waals surface area contributed by atoms with Gasteiger partial charge in [-0.15, -0.1) is 0 Å². The fraction of sp³-hybridized carbons (Fsp3) is 0.333. The van der Waals surface area contributed by atoms with Crippen molar-refractivity contribution < 1.29 is 37.0 Å². The van der Waals surface area contributed by atoms with E-state index in [1.165, 1.54) is 29.2 Å². The van der Waals surface area contributed by atoms with Gasteiger partial charge in [-0.2, -0.15) is 13.2 Å². The Morgan fingerprint density at radius 1 is 1.13 bits per heavy atom. The summed E-state index contributed by atoms with van der Waals surface area (Å²) < 4.78 is 55.1. The highest BCUT2D eigenvalue weighted by Crippen LogP contribution is 2.43. The van der Waals surface area contributed by atoms with E-state index in [0.717, 1.165) is 12.1 Å². The number of amides is 2. The van der Waals surface area contributed by atoms with Crippen LogP contribution in [0, 0.1) is 0 Å². The van der Waals surface area contributed by atoms with E-state index < -0.39 is 17.8 Å². The molecule has 2 heterocycles. The fourth-order valence-corrected chi connectivity index (χ4v) is 3.46. The van der Waals surface area contributed by atoms with Crippen molar-refractivity contribution in [1.29, 1.82) is 0 Å². The van der Waals surface area contributed by atoms with Crippen molar-refractivity contribution in [2.75, 3.05) is 25.6 Å². The minimum absolute atomic E-state index is 0.110. The molecule has 0 aliphatic carbocycles. The molecule has 1 atom stereocenters. The van der Waals surface area contributed by atoms with Crippen molar-refractivity contribution in [3.63, 3.8) is 0 Å². The first-order chi connectivity index (χ1) is 14.7. The number of hydrogen-bond donors (Lipinski definition) is 1. The lowest BCUT2D eigenvalue weighted by Gasteiger charge is -2.24. The highest BCUT2D eigenvalue weighted by molar-refractivity contribution is 6.00. The zero-order valence-electron chi connectivity index (χ0n) is 16.5. The Hall–Kier alpha value is -3.43. The molecule has 0 aromatic heterocycles. The largest absolute Gasteiger partial charge is 0.486 e. The van der Waals surface area contributed by atoms with Gasteiger partial charge in [0.05, 0.1) is 11.3 Å². The Labute approximate surface area is 175 Å². The summed E-state index contributed by atoms with van der Waals surface area (Å²) in [5, 5.41) is 2.75. The van der Waals surface area contributed by atoms with E-state index in [9.17, 15) is 22.8 Å². The number of likely N-dealkylation sites (tertiary alicyclic amines) is 1. The van der Waals surface area contributed by atoms with E-state index in [2.05, 4.69) is 5.32 Å². The van der Waals surface area contributed by atoms with E-state index in [-0.39, 0.29) is 35.6 Å². The van der Waals surface area contributed by atoms with Crippen LogP contribution >= 0.6 is 0 Å². The molecule has 0 bridgehead atoms. The average Bonchev–Trinajstić information content (AvgIpc) is 3.06. The zero-order chi connectivity index (χ0) is 22.2. The van der Waals surface area contributed by atoms with Crippen LogP contribution in [0.5, 0.6) is 23.0 Å². The molecule has 2 aliphatic heterocycles. The summed E-state index contributed by atoms with van der Waals surface area (Å²) in [6.45, 7) is 0.584. The molecule has 2 aliphatic rings. The van der Waals surface area contributed by atoms with Crippen molar-refractivity contribution >= 4 is 17.5 Å². The molecule has 2 aromatic carbocycles. The monoisotopic (exact) mass is 436 g/mol. The van der Waals surface area contributed by atoms with Crippen molar-refractivity contribution in [2.45, 2.75) is 25.1 Å². The summed E-state index contributed by atoms with van der Waals surface area (Å²) in [5.74, 6) is 0.601. The van der Waals surface area contributed by atoms with Gasteiger partial charge in [-0.05, 0) is 30.7 Å². The van der Waals surface area contributed by atoms with Gasteiger partial charge in [0.1, 0.15) is 30.8 Å². The van der Waals surface area contributed by atoms with Gasteiger partial charge < -0.3 is 24.4 Å². The zero-order valence-corrected chi connectivity index (χ0v) is 16.5. The van der Waals surface area contributed by atoms with Gasteiger partial charge in [0.15, 0.2) is 11.5 Å². The van der Waals surface area contributed by atoms with Gasteiger partial charge in [-0.3, -0.25) is 9.59 Å². The number of nitrogens with one attached hydrogen (secondary N) is 1. The number of likely N-dealkylation sites (N-methyl/N-ethyl adjacent to an activating group) is 1. The van der Waals surface area contributed by atoms with Gasteiger partial charge in [0.25, 0.3) is 0 Å². The maximum atomic E-state index is 12.8. The predicted octanol–water partition coefficient (Wildman–Crippen LogP) is 3.83. The molecular formula is C21H19F3N2O5. The quantitative estimate of drug-likeness (QED) is 0.789. The first kappa shape index (κ1) is 20.8. The molecule has 2 aromatic rings. The number of halogens is 3. The summed E-state index contributed by atoms with van der Waals surface area (Å²) in [6, 6.07) is 6.68. The normalized spacial score (nSPS) is 18.1. The molecule has 31 heavy (non-hydrogen) atoms. The van der Waals surface area contributed by atoms with E-state index in [0.29, 0.717) is 30.9 Å². The molecule has 1 N–H and O–H groups in total. The lowest BCUT2D eigenvalue weighted by atomic mass is 10.2. The number of ether oxygens (including phenoxy) is 3. The molecule has 4 rings (SSSR count). The molecule has 1 saturated heterocycles. The van der Waals surface area contributed by atoms with Crippen LogP contribution in [0.2, 0.25) is 0 Å². The molecule has 1 fully saturated rings. The molecule has 0 spiro atoms. The number of carbonyl (C=O) groups excluding carboxylic acids is 2. The fourth-order valence-electron chi connectivity index (χ4n) is 3.46. The number of carbonyl (C=O) groups is 2. The van der Waals surface area contributed by atoms with Crippen molar-refractivity contribution in [3.05, 3.63) is 42.0 Å². The average molecular weight is 436 g/mol. The molecule has 7 nitrogen and oxygen atoms in total. The number of alkyl halides is 3. The maximum Gasteiger partial charge on any atom is 0.416 e. The minimum atomic E-state index is -4.44. The third-order valence-corrected chi connectivity index (χ3v) is 5.09. The Bertz CT molecular complexity index is 1010. The summed E-state index contributed by atoms with van der Waals surface area (Å²) in [4.78, 5) is 25.8. The maximum absolute atomic E-state index is 12.8. The second-order valence-corrected chi connectivity index (χ2v) is 7.17. The number of benzene rings is 2. The Balaban J connectivity index is 1.58. The van der Waals surface area contributed by atoms with E-state index in [1.54, 1.807) is 7.05 Å². The predicted molar refractivity (Wildman–Crippen MR) is 103 cm³/mol. The standard InChI is InChI=1S/C21H19F3N2O5/c1-26-16(6-7-18(26)27)20(28)25-15-10-14(11-17-19(15)30-9-8-29-17)31-13-4-2-12(3-5-13)21(22,23)24/h2-5,10-11,16H,6-9H2,1H3,(H,25,28). The van der Waals surface area contributed by atoms with Crippen LogP contribution in [0.1, 0.15) is 18.4 Å². The van der Waals surface area contributed by atoms with Crippen molar-refractivity contribution in [3.8, 4) is 23.0 Å². The first-order valence-electron chi connectivity index (χ1n) is 9.57. The van der Waals surface area contributed by atoms with Crippen LogP contribution in [0.3, 0.4) is 0 Å². The third kappa shape index (κ3) is 4.37. The van der Waals surface area contributed by atoms with E-state index in [4.69, 9.17) is 14.2 Å². The molecule has 10 heteroatoms. The highest BCUT2D eigenvalue weighted by Gasteiger charge is 2.34. The van der Waals surface area contributed by atoms with Gasteiger partial charge in [-0.25, -0.2) is 0 Å².